The number of aryl methyl sites for hydroxylation is 1. The Morgan fingerprint density at radius 3 is 2.26 bits per heavy atom. The van der Waals surface area contributed by atoms with Crippen LogP contribution < -0.4 is 10.3 Å². The molecule has 0 aliphatic rings. The van der Waals surface area contributed by atoms with Gasteiger partial charge in [0.2, 0.25) is 0 Å². The average Bonchev–Trinajstić information content (AvgIpc) is 2.30. The van der Waals surface area contributed by atoms with Crippen LogP contribution in [-0.2, 0) is 6.54 Å². The highest BCUT2D eigenvalue weighted by atomic mass is 16.9. The van der Waals surface area contributed by atoms with Gasteiger partial charge in [0.1, 0.15) is 6.54 Å². The molecule has 8 heteroatoms. The topological polar surface area (TPSA) is 133 Å². The molecule has 0 bridgehead atoms. The summed E-state index contributed by atoms with van der Waals surface area (Å²) in [4.78, 5) is 19.1. The van der Waals surface area contributed by atoms with E-state index in [1.54, 1.807) is 13.0 Å². The highest BCUT2D eigenvalue weighted by molar-refractivity contribution is 5.89. The smallest absolute Gasteiger partial charge is 0.313 e. The van der Waals surface area contributed by atoms with E-state index in [0.29, 0.717) is 5.69 Å². The van der Waals surface area contributed by atoms with E-state index in [0.717, 1.165) is 13.0 Å². The third kappa shape index (κ3) is 12.0. The average molecular weight is 273 g/mol. The van der Waals surface area contributed by atoms with Crippen LogP contribution in [0.4, 0.5) is 0 Å². The van der Waals surface area contributed by atoms with Gasteiger partial charge in [-0.3, -0.25) is 4.79 Å². The number of carbonyl (C=O) groups excluding carboxylic acids is 1. The van der Waals surface area contributed by atoms with E-state index in [2.05, 4.69) is 6.92 Å². The molecule has 8 nitrogen and oxygen atoms in total. The maximum absolute atomic E-state index is 10.9. The van der Waals surface area contributed by atoms with E-state index in [4.69, 9.17) is 26.2 Å². The zero-order chi connectivity index (χ0) is 15.3. The largest absolute Gasteiger partial charge is 0.397 e. The number of hydrogen-bond donors (Lipinski definition) is 2. The summed E-state index contributed by atoms with van der Waals surface area (Å²) >= 11 is 0. The Morgan fingerprint density at radius 2 is 1.89 bits per heavy atom. The minimum Gasteiger partial charge on any atom is -0.397 e. The van der Waals surface area contributed by atoms with Crippen LogP contribution in [0.5, 0.6) is 0 Å². The molecular weight excluding hydrogens is 254 g/mol. The fourth-order valence-corrected chi connectivity index (χ4v) is 1.14. The lowest BCUT2D eigenvalue weighted by Gasteiger charge is -1.97. The van der Waals surface area contributed by atoms with Gasteiger partial charge in [0, 0.05) is 25.2 Å². The zero-order valence-corrected chi connectivity index (χ0v) is 11.0. The minimum absolute atomic E-state index is 0.250. The van der Waals surface area contributed by atoms with Gasteiger partial charge in [0.25, 0.3) is 5.69 Å². The van der Waals surface area contributed by atoms with Crippen LogP contribution in [0.2, 0.25) is 0 Å². The van der Waals surface area contributed by atoms with Gasteiger partial charge < -0.3 is 26.2 Å². The number of aliphatic hydroxyl groups excluding tert-OH is 1. The molecule has 0 aliphatic carbocycles. The van der Waals surface area contributed by atoms with Crippen LogP contribution in [0.25, 0.3) is 0 Å². The summed E-state index contributed by atoms with van der Waals surface area (Å²) in [6, 6.07) is 5.44. The Hall–Kier alpha value is -2.22. The first-order chi connectivity index (χ1) is 8.90. The molecular formula is C11H19N3O5. The molecule has 19 heavy (non-hydrogen) atoms. The predicted octanol–water partition coefficient (Wildman–Crippen LogP) is 0.243. The maximum atomic E-state index is 10.9. The van der Waals surface area contributed by atoms with Crippen LogP contribution in [0.1, 0.15) is 30.8 Å². The van der Waals surface area contributed by atoms with Crippen LogP contribution in [0, 0.1) is 15.3 Å². The summed E-state index contributed by atoms with van der Waals surface area (Å²) in [5.74, 6) is -0.371. The number of pyridine rings is 1. The standard InChI is InChI=1S/C9H12N2O.C2H6O.NO3/c1-2-6-11-7-4-3-5-8(11)9(10)12;1-2-3;2-1(3)4/h3-5,7H,2,6H2,1H3,(H-,10,12);3H,2H2,1H3;/q;;-1/p+1. The van der Waals surface area contributed by atoms with Crippen molar-refractivity contribution in [2.24, 2.45) is 5.73 Å². The van der Waals surface area contributed by atoms with Crippen molar-refractivity contribution in [2.75, 3.05) is 6.61 Å². The number of hydrogen-bond acceptors (Lipinski definition) is 5. The highest BCUT2D eigenvalue weighted by Crippen LogP contribution is 1.90. The second kappa shape index (κ2) is 12.2. The Balaban J connectivity index is 0. The lowest BCUT2D eigenvalue weighted by molar-refractivity contribution is -0.698. The first-order valence-electron chi connectivity index (χ1n) is 5.61. The number of nitrogens with two attached hydrogens (primary N) is 1. The molecule has 1 heterocycles. The molecule has 0 radical (unpaired) electrons. The van der Waals surface area contributed by atoms with Gasteiger partial charge in [-0.1, -0.05) is 6.92 Å². The second-order valence-electron chi connectivity index (χ2n) is 3.18. The van der Waals surface area contributed by atoms with Gasteiger partial charge in [0.15, 0.2) is 6.20 Å². The minimum atomic E-state index is -1.75. The third-order valence-corrected chi connectivity index (χ3v) is 1.66. The van der Waals surface area contributed by atoms with Gasteiger partial charge in [-0.2, -0.15) is 4.57 Å². The summed E-state index contributed by atoms with van der Waals surface area (Å²) in [7, 11) is 0. The first-order valence-corrected chi connectivity index (χ1v) is 5.61. The van der Waals surface area contributed by atoms with Crippen LogP contribution in [0.15, 0.2) is 24.4 Å². The second-order valence-corrected chi connectivity index (χ2v) is 3.18. The summed E-state index contributed by atoms with van der Waals surface area (Å²) < 4.78 is 1.86. The van der Waals surface area contributed by atoms with Crippen molar-refractivity contribution < 1.29 is 19.6 Å². The summed E-state index contributed by atoms with van der Waals surface area (Å²) in [6.07, 6.45) is 2.86. The normalized spacial score (nSPS) is 8.37. The molecule has 3 N–H and O–H groups in total. The fourth-order valence-electron chi connectivity index (χ4n) is 1.14. The number of aliphatic hydroxyl groups is 1. The van der Waals surface area contributed by atoms with E-state index in [-0.39, 0.29) is 12.5 Å². The molecule has 0 spiro atoms. The highest BCUT2D eigenvalue weighted by Gasteiger charge is 2.13. The Labute approximate surface area is 111 Å². The Bertz CT molecular complexity index is 380. The lowest BCUT2D eigenvalue weighted by Crippen LogP contribution is -2.41. The zero-order valence-electron chi connectivity index (χ0n) is 11.0. The molecule has 1 aromatic heterocycles. The number of rotatable bonds is 3. The van der Waals surface area contributed by atoms with Crippen molar-refractivity contribution in [3.05, 3.63) is 45.4 Å². The monoisotopic (exact) mass is 273 g/mol. The summed E-state index contributed by atoms with van der Waals surface area (Å²) in [5, 5.41) is 22.3. The summed E-state index contributed by atoms with van der Waals surface area (Å²) in [5.41, 5.74) is 5.75. The van der Waals surface area contributed by atoms with Gasteiger partial charge >= 0.3 is 5.91 Å². The van der Waals surface area contributed by atoms with E-state index in [9.17, 15) is 4.79 Å². The maximum Gasteiger partial charge on any atom is 0.313 e. The van der Waals surface area contributed by atoms with Gasteiger partial charge in [0.05, 0.1) is 5.09 Å². The van der Waals surface area contributed by atoms with E-state index >= 15 is 0 Å². The van der Waals surface area contributed by atoms with Crippen molar-refractivity contribution >= 4 is 5.91 Å². The number of primary amides is 1. The lowest BCUT2D eigenvalue weighted by atomic mass is 10.3. The van der Waals surface area contributed by atoms with Crippen LogP contribution >= 0.6 is 0 Å². The fraction of sp³-hybridized carbons (Fsp3) is 0.455. The number of amides is 1. The Morgan fingerprint density at radius 1 is 1.42 bits per heavy atom. The number of aromatic nitrogens is 1. The van der Waals surface area contributed by atoms with Gasteiger partial charge in [-0.25, -0.2) is 0 Å². The van der Waals surface area contributed by atoms with E-state index < -0.39 is 5.09 Å². The molecule has 0 fully saturated rings. The predicted molar refractivity (Wildman–Crippen MR) is 68.6 cm³/mol. The quantitative estimate of drug-likeness (QED) is 0.462. The molecule has 0 saturated carbocycles. The first kappa shape index (κ1) is 19.1. The van der Waals surface area contributed by atoms with E-state index in [1.165, 1.54) is 0 Å². The molecule has 108 valence electrons. The van der Waals surface area contributed by atoms with Crippen molar-refractivity contribution in [3.8, 4) is 0 Å². The third-order valence-electron chi connectivity index (χ3n) is 1.66. The van der Waals surface area contributed by atoms with Gasteiger partial charge in [-0.15, -0.1) is 0 Å². The van der Waals surface area contributed by atoms with Crippen molar-refractivity contribution in [1.29, 1.82) is 0 Å². The van der Waals surface area contributed by atoms with Crippen LogP contribution in [0.3, 0.4) is 0 Å². The molecule has 1 rings (SSSR count). The molecule has 0 unspecified atom stereocenters. The molecule has 1 aromatic rings. The molecule has 0 aromatic carbocycles. The molecule has 0 atom stereocenters. The number of carbonyl (C=O) groups is 1. The van der Waals surface area contributed by atoms with Crippen LogP contribution in [-0.4, -0.2) is 22.7 Å². The molecule has 0 saturated heterocycles. The Kier molecular flexibility index (Phi) is 12.3. The van der Waals surface area contributed by atoms with Crippen molar-refractivity contribution in [1.82, 2.24) is 0 Å². The van der Waals surface area contributed by atoms with Crippen molar-refractivity contribution in [3.63, 3.8) is 0 Å². The number of nitrogens with zero attached hydrogens (tertiary/aromatic N) is 2. The van der Waals surface area contributed by atoms with Gasteiger partial charge in [-0.05, 0) is 13.0 Å². The molecule has 1 amide bonds. The van der Waals surface area contributed by atoms with E-state index in [1.807, 2.05) is 22.9 Å². The SMILES string of the molecule is CCC[n+]1ccccc1C(N)=O.CCO.O=[N+]([O-])[O-]. The molecule has 0 aliphatic heterocycles. The van der Waals surface area contributed by atoms with Crippen molar-refractivity contribution in [2.45, 2.75) is 26.8 Å². The summed E-state index contributed by atoms with van der Waals surface area (Å²) in [6.45, 7) is 4.82.